The number of carbonyl (C=O) groups is 5. The van der Waals surface area contributed by atoms with Crippen molar-refractivity contribution >= 4 is 34.7 Å². The van der Waals surface area contributed by atoms with Crippen molar-refractivity contribution in [3.63, 3.8) is 0 Å². The smallest absolute Gasteiger partial charge is 0.235 e. The molecule has 1 aromatic carbocycles. The highest BCUT2D eigenvalue weighted by molar-refractivity contribution is 6.32. The van der Waals surface area contributed by atoms with Crippen LogP contribution in [-0.4, -0.2) is 76.9 Å². The quantitative estimate of drug-likeness (QED) is 0.331. The summed E-state index contributed by atoms with van der Waals surface area (Å²) in [5, 5.41) is 24.7. The predicted molar refractivity (Wildman–Crippen MR) is 115 cm³/mol. The molecule has 2 saturated carbocycles. The van der Waals surface area contributed by atoms with E-state index < -0.39 is 81.0 Å². The lowest BCUT2D eigenvalue weighted by Crippen LogP contribution is -2.75. The molecule has 3 aliphatic carbocycles. The van der Waals surface area contributed by atoms with Crippen LogP contribution in [-0.2, 0) is 25.6 Å². The number of ketones is 4. The number of primary amides is 1. The number of aromatic hydroxyl groups is 1. The van der Waals surface area contributed by atoms with Crippen LogP contribution in [0.5, 0.6) is 5.75 Å². The van der Waals surface area contributed by atoms with E-state index in [9.17, 15) is 38.6 Å². The van der Waals surface area contributed by atoms with Crippen LogP contribution in [0.25, 0.3) is 0 Å². The summed E-state index contributed by atoms with van der Waals surface area (Å²) in [5.74, 6) is -11.8. The number of phenolic OH excluding ortho intramolecular Hbond substituents is 1. The molecule has 5 N–H and O–H groups in total. The molecular weight excluding hydrogens is 449 g/mol. The number of nitrogens with zero attached hydrogens (tertiary/aromatic N) is 1. The average Bonchev–Trinajstić information content (AvgIpc) is 2.72. The molecule has 10 nitrogen and oxygen atoms in total. The number of anilines is 1. The number of Topliss-reactive ketones (excluding diaryl/α,β-unsaturated/α-hetero) is 4. The molecule has 0 aromatic heterocycles. The Morgan fingerprint density at radius 2 is 1.85 bits per heavy atom. The fourth-order valence-electron chi connectivity index (χ4n) is 6.20. The van der Waals surface area contributed by atoms with Crippen LogP contribution >= 0.6 is 0 Å². The fraction of sp³-hybridized carbons (Fsp3) is 0.522. The maximum atomic E-state index is 15.0. The van der Waals surface area contributed by atoms with Gasteiger partial charge in [0.15, 0.2) is 34.7 Å². The molecule has 4 rings (SSSR count). The first-order valence-electron chi connectivity index (χ1n) is 10.8. The van der Waals surface area contributed by atoms with E-state index in [1.54, 1.807) is 6.92 Å². The van der Waals surface area contributed by atoms with Gasteiger partial charge in [-0.1, -0.05) is 6.92 Å². The van der Waals surface area contributed by atoms with E-state index in [-0.39, 0.29) is 24.1 Å². The van der Waals surface area contributed by atoms with E-state index in [0.717, 1.165) is 6.07 Å². The van der Waals surface area contributed by atoms with Crippen molar-refractivity contribution in [3.8, 4) is 5.75 Å². The molecule has 3 aliphatic rings. The zero-order valence-electron chi connectivity index (χ0n) is 19.1. The van der Waals surface area contributed by atoms with Gasteiger partial charge in [-0.25, -0.2) is 4.39 Å². The average molecular weight is 475 g/mol. The molecule has 2 fully saturated rings. The van der Waals surface area contributed by atoms with Gasteiger partial charge in [-0.15, -0.1) is 0 Å². The normalized spacial score (nSPS) is 35.0. The number of nitrogens with two attached hydrogens (primary N) is 1. The Kier molecular flexibility index (Phi) is 5.22. The molecule has 182 valence electrons. The van der Waals surface area contributed by atoms with Crippen LogP contribution in [0.4, 0.5) is 10.1 Å². The van der Waals surface area contributed by atoms with Gasteiger partial charge in [0.1, 0.15) is 11.6 Å². The van der Waals surface area contributed by atoms with E-state index in [0.29, 0.717) is 0 Å². The SMILES string of the molecule is CNc1cc(F)c2c(c1O)C(=O)C1C(=O)C3(O)C(=O)C(C(N)=O)C(=O)C(N(C)C)C3CC1(C)C2. The Morgan fingerprint density at radius 3 is 2.38 bits per heavy atom. The molecule has 1 aromatic rings. The van der Waals surface area contributed by atoms with Gasteiger partial charge in [0, 0.05) is 24.6 Å². The van der Waals surface area contributed by atoms with Crippen LogP contribution in [0.1, 0.15) is 29.3 Å². The number of carbonyl (C=O) groups excluding carboxylic acids is 5. The highest BCUT2D eigenvalue weighted by atomic mass is 19.1. The minimum absolute atomic E-state index is 0.0612. The van der Waals surface area contributed by atoms with E-state index >= 15 is 0 Å². The summed E-state index contributed by atoms with van der Waals surface area (Å²) < 4.78 is 15.0. The van der Waals surface area contributed by atoms with E-state index in [1.165, 1.54) is 26.0 Å². The molecule has 0 spiro atoms. The first kappa shape index (κ1) is 24.0. The van der Waals surface area contributed by atoms with Gasteiger partial charge >= 0.3 is 0 Å². The second-order valence-corrected chi connectivity index (χ2v) is 9.94. The number of nitrogens with one attached hydrogen (secondary N) is 1. The van der Waals surface area contributed by atoms with Crippen molar-refractivity contribution in [1.82, 2.24) is 4.90 Å². The molecule has 34 heavy (non-hydrogen) atoms. The molecule has 1 amide bonds. The van der Waals surface area contributed by atoms with Gasteiger partial charge in [0.05, 0.1) is 23.2 Å². The number of halogens is 1. The summed E-state index contributed by atoms with van der Waals surface area (Å²) in [6.07, 6.45) is -0.312. The van der Waals surface area contributed by atoms with Crippen molar-refractivity contribution in [2.45, 2.75) is 31.4 Å². The van der Waals surface area contributed by atoms with Crippen LogP contribution in [0, 0.1) is 29.0 Å². The third kappa shape index (κ3) is 2.83. The zero-order chi connectivity index (χ0) is 25.5. The van der Waals surface area contributed by atoms with Gasteiger partial charge in [0.25, 0.3) is 0 Å². The maximum Gasteiger partial charge on any atom is 0.235 e. The highest BCUT2D eigenvalue weighted by Gasteiger charge is 2.71. The van der Waals surface area contributed by atoms with E-state index in [2.05, 4.69) is 5.32 Å². The number of aliphatic hydroxyl groups is 1. The van der Waals surface area contributed by atoms with Gasteiger partial charge in [-0.3, -0.25) is 28.9 Å². The number of fused-ring (bicyclic) bond motifs is 3. The van der Waals surface area contributed by atoms with Crippen molar-refractivity contribution in [2.24, 2.45) is 28.9 Å². The number of phenols is 1. The van der Waals surface area contributed by atoms with Gasteiger partial charge in [0.2, 0.25) is 5.91 Å². The van der Waals surface area contributed by atoms with Gasteiger partial charge in [-0.2, -0.15) is 0 Å². The van der Waals surface area contributed by atoms with Crippen molar-refractivity contribution in [3.05, 3.63) is 23.0 Å². The summed E-state index contributed by atoms with van der Waals surface area (Å²) in [6, 6.07) is -0.178. The number of hydrogen-bond acceptors (Lipinski definition) is 9. The number of likely N-dealkylation sites (N-methyl/N-ethyl adjacent to an activating group) is 1. The first-order chi connectivity index (χ1) is 15.7. The molecule has 0 heterocycles. The lowest BCUT2D eigenvalue weighted by atomic mass is 9.47. The fourth-order valence-corrected chi connectivity index (χ4v) is 6.20. The van der Waals surface area contributed by atoms with Crippen LogP contribution in [0.3, 0.4) is 0 Å². The Morgan fingerprint density at radius 1 is 1.24 bits per heavy atom. The minimum Gasteiger partial charge on any atom is -0.505 e. The zero-order valence-corrected chi connectivity index (χ0v) is 19.1. The molecule has 0 bridgehead atoms. The Bertz CT molecular complexity index is 1180. The maximum absolute atomic E-state index is 15.0. The van der Waals surface area contributed by atoms with E-state index in [4.69, 9.17) is 5.73 Å². The summed E-state index contributed by atoms with van der Waals surface area (Å²) in [5.41, 5.74) is 0.662. The number of benzene rings is 1. The second kappa shape index (κ2) is 7.41. The van der Waals surface area contributed by atoms with Crippen molar-refractivity contribution < 1.29 is 38.6 Å². The second-order valence-electron chi connectivity index (χ2n) is 9.94. The Labute approximate surface area is 194 Å². The summed E-state index contributed by atoms with van der Waals surface area (Å²) in [6.45, 7) is 1.56. The molecule has 6 atom stereocenters. The Balaban J connectivity index is 1.94. The molecule has 0 radical (unpaired) electrons. The largest absolute Gasteiger partial charge is 0.505 e. The highest BCUT2D eigenvalue weighted by Crippen LogP contribution is 2.57. The number of amides is 1. The van der Waals surface area contributed by atoms with Crippen LogP contribution < -0.4 is 11.1 Å². The summed E-state index contributed by atoms with van der Waals surface area (Å²) in [4.78, 5) is 67.0. The summed E-state index contributed by atoms with van der Waals surface area (Å²) >= 11 is 0. The molecule has 0 aliphatic heterocycles. The monoisotopic (exact) mass is 475 g/mol. The van der Waals surface area contributed by atoms with Crippen molar-refractivity contribution in [2.75, 3.05) is 26.5 Å². The van der Waals surface area contributed by atoms with Crippen LogP contribution in [0.15, 0.2) is 6.07 Å². The molecular formula is C23H26FN3O7. The standard InChI is InChI=1S/C23H26FN3O7/c1-22-6-8-10(24)5-11(26-2)16(28)12(8)17(29)14(22)20(32)23(34)9(7-22)15(27(3)4)18(30)13(19(23)31)21(25)33/h5,9,13-15,26,28,34H,6-7H2,1-4H3,(H2,25,33). The third-order valence-electron chi connectivity index (χ3n) is 7.71. The van der Waals surface area contributed by atoms with Crippen molar-refractivity contribution in [1.29, 1.82) is 0 Å². The Hall–Kier alpha value is -3.18. The summed E-state index contributed by atoms with van der Waals surface area (Å²) in [7, 11) is 4.41. The molecule has 11 heteroatoms. The van der Waals surface area contributed by atoms with Gasteiger partial charge in [-0.05, 0) is 32.4 Å². The predicted octanol–water partition coefficient (Wildman–Crippen LogP) is -0.562. The topological polar surface area (TPSA) is 167 Å². The third-order valence-corrected chi connectivity index (χ3v) is 7.71. The number of hydrogen-bond donors (Lipinski definition) is 4. The lowest BCUT2D eigenvalue weighted by Gasteiger charge is -2.56. The van der Waals surface area contributed by atoms with E-state index in [1.807, 2.05) is 0 Å². The number of rotatable bonds is 3. The van der Waals surface area contributed by atoms with Gasteiger partial charge < -0.3 is 21.3 Å². The lowest BCUT2D eigenvalue weighted by molar-refractivity contribution is -0.185. The molecule has 0 saturated heterocycles. The van der Waals surface area contributed by atoms with Crippen LogP contribution in [0.2, 0.25) is 0 Å². The first-order valence-corrected chi connectivity index (χ1v) is 10.8. The minimum atomic E-state index is -2.82. The molecule has 6 unspecified atom stereocenters.